The van der Waals surface area contributed by atoms with Crippen molar-refractivity contribution in [2.75, 3.05) is 0 Å². The summed E-state index contributed by atoms with van der Waals surface area (Å²) >= 11 is 0. The molecule has 1 aliphatic carbocycles. The molecule has 0 aliphatic heterocycles. The van der Waals surface area contributed by atoms with Crippen molar-refractivity contribution in [3.8, 4) is 0 Å². The van der Waals surface area contributed by atoms with Gasteiger partial charge in [-0.25, -0.2) is 10.4 Å². The number of hydrogen-bond acceptors (Lipinski definition) is 3. The maximum absolute atomic E-state index is 12.2. The molecule has 0 saturated heterocycles. The van der Waals surface area contributed by atoms with Crippen molar-refractivity contribution < 1.29 is 4.79 Å². The summed E-state index contributed by atoms with van der Waals surface area (Å²) in [4.78, 5) is 16.7. The zero-order valence-electron chi connectivity index (χ0n) is 13.2. The molecule has 116 valence electrons. The molecular formula is C17H22N4O. The van der Waals surface area contributed by atoms with Crippen molar-refractivity contribution >= 4 is 22.7 Å². The van der Waals surface area contributed by atoms with E-state index < -0.39 is 0 Å². The molecule has 1 N–H and O–H groups in total. The third-order valence-electron chi connectivity index (χ3n) is 4.36. The molecular weight excluding hydrogens is 276 g/mol. The number of hydrazone groups is 1. The predicted molar refractivity (Wildman–Crippen MR) is 87.7 cm³/mol. The number of fused-ring (bicyclic) bond motifs is 1. The van der Waals surface area contributed by atoms with Gasteiger partial charge in [0.15, 0.2) is 0 Å². The Morgan fingerprint density at radius 2 is 2.23 bits per heavy atom. The van der Waals surface area contributed by atoms with Crippen LogP contribution in [0, 0.1) is 12.8 Å². The number of nitrogens with zero attached hydrogens (tertiary/aromatic N) is 3. The molecule has 0 spiro atoms. The maximum atomic E-state index is 12.2. The van der Waals surface area contributed by atoms with Crippen LogP contribution in [0.3, 0.4) is 0 Å². The van der Waals surface area contributed by atoms with E-state index in [1.54, 1.807) is 0 Å². The highest BCUT2D eigenvalue weighted by Crippen LogP contribution is 2.20. The number of carbonyl (C=O) groups excluding carboxylic acids is 1. The summed E-state index contributed by atoms with van der Waals surface area (Å²) < 4.78 is 1.93. The highest BCUT2D eigenvalue weighted by Gasteiger charge is 2.16. The van der Waals surface area contributed by atoms with Crippen molar-refractivity contribution in [2.24, 2.45) is 11.0 Å². The van der Waals surface area contributed by atoms with E-state index in [2.05, 4.69) is 22.4 Å². The highest BCUT2D eigenvalue weighted by atomic mass is 16.2. The van der Waals surface area contributed by atoms with Gasteiger partial charge in [0.2, 0.25) is 0 Å². The van der Waals surface area contributed by atoms with Crippen LogP contribution in [0.5, 0.6) is 0 Å². The van der Waals surface area contributed by atoms with Crippen molar-refractivity contribution in [1.82, 2.24) is 15.0 Å². The van der Waals surface area contributed by atoms with Crippen LogP contribution in [0.2, 0.25) is 0 Å². The Balaban J connectivity index is 1.71. The lowest BCUT2D eigenvalue weighted by atomic mass is 9.89. The van der Waals surface area contributed by atoms with Gasteiger partial charge in [0.25, 0.3) is 5.91 Å². The Morgan fingerprint density at radius 3 is 3.05 bits per heavy atom. The second-order valence-corrected chi connectivity index (χ2v) is 6.02. The summed E-state index contributed by atoms with van der Waals surface area (Å²) in [7, 11) is 0. The van der Waals surface area contributed by atoms with Crippen molar-refractivity contribution in [2.45, 2.75) is 46.1 Å². The SMILES string of the molecule is Cc1nc2ccccc2n1CC(=O)NN=C1CCCC[C@H]1C. The first kappa shape index (κ1) is 14.8. The van der Waals surface area contributed by atoms with Gasteiger partial charge < -0.3 is 4.57 Å². The van der Waals surface area contributed by atoms with Crippen LogP contribution < -0.4 is 5.43 Å². The molecule has 1 saturated carbocycles. The standard InChI is InChI=1S/C17H22N4O/c1-12-7-3-4-8-14(12)19-20-17(22)11-21-13(2)18-15-9-5-6-10-16(15)21/h5-6,9-10,12H,3-4,7-8,11H2,1-2H3,(H,20,22)/t12-/m1/s1. The van der Waals surface area contributed by atoms with Gasteiger partial charge in [0, 0.05) is 5.71 Å². The Labute approximate surface area is 130 Å². The minimum Gasteiger partial charge on any atom is -0.319 e. The fourth-order valence-electron chi connectivity index (χ4n) is 3.04. The predicted octanol–water partition coefficient (Wildman–Crippen LogP) is 3.03. The van der Waals surface area contributed by atoms with E-state index in [1.807, 2.05) is 35.8 Å². The first-order valence-electron chi connectivity index (χ1n) is 7.92. The number of rotatable bonds is 3. The lowest BCUT2D eigenvalue weighted by Crippen LogP contribution is -2.27. The third kappa shape index (κ3) is 3.03. The first-order valence-corrected chi connectivity index (χ1v) is 7.92. The minimum absolute atomic E-state index is 0.100. The number of nitrogens with one attached hydrogen (secondary N) is 1. The molecule has 3 rings (SSSR count). The minimum atomic E-state index is -0.100. The molecule has 1 heterocycles. The van der Waals surface area contributed by atoms with Gasteiger partial charge in [-0.1, -0.05) is 25.5 Å². The van der Waals surface area contributed by atoms with E-state index >= 15 is 0 Å². The van der Waals surface area contributed by atoms with Gasteiger partial charge in [-0.05, 0) is 44.2 Å². The Hall–Kier alpha value is -2.17. The van der Waals surface area contributed by atoms with Crippen molar-refractivity contribution in [3.63, 3.8) is 0 Å². The van der Waals surface area contributed by atoms with Gasteiger partial charge in [0.05, 0.1) is 11.0 Å². The van der Waals surface area contributed by atoms with Crippen LogP contribution in [0.15, 0.2) is 29.4 Å². The molecule has 1 fully saturated rings. The summed E-state index contributed by atoms with van der Waals surface area (Å²) in [6.07, 6.45) is 4.59. The molecule has 22 heavy (non-hydrogen) atoms. The Kier molecular flexibility index (Phi) is 4.22. The summed E-state index contributed by atoms with van der Waals surface area (Å²) in [6.45, 7) is 4.34. The smallest absolute Gasteiger partial charge is 0.260 e. The molecule has 1 aromatic carbocycles. The highest BCUT2D eigenvalue weighted by molar-refractivity contribution is 5.88. The number of aromatic nitrogens is 2. The Morgan fingerprint density at radius 1 is 1.41 bits per heavy atom. The van der Waals surface area contributed by atoms with E-state index in [0.29, 0.717) is 5.92 Å². The molecule has 2 aromatic rings. The fraction of sp³-hybridized carbons (Fsp3) is 0.471. The zero-order chi connectivity index (χ0) is 15.5. The average molecular weight is 298 g/mol. The van der Waals surface area contributed by atoms with E-state index in [9.17, 15) is 4.79 Å². The molecule has 1 atom stereocenters. The quantitative estimate of drug-likeness (QED) is 0.885. The van der Waals surface area contributed by atoms with Crippen LogP contribution in [-0.4, -0.2) is 21.2 Å². The van der Waals surface area contributed by atoms with Crippen LogP contribution in [-0.2, 0) is 11.3 Å². The first-order chi connectivity index (χ1) is 10.6. The summed E-state index contributed by atoms with van der Waals surface area (Å²) in [5.41, 5.74) is 5.73. The van der Waals surface area contributed by atoms with E-state index in [1.165, 1.54) is 19.3 Å². The largest absolute Gasteiger partial charge is 0.319 e. The van der Waals surface area contributed by atoms with E-state index in [0.717, 1.165) is 29.0 Å². The van der Waals surface area contributed by atoms with Crippen LogP contribution in [0.25, 0.3) is 11.0 Å². The fourth-order valence-corrected chi connectivity index (χ4v) is 3.04. The molecule has 0 radical (unpaired) electrons. The molecule has 0 bridgehead atoms. The Bertz CT molecular complexity index is 717. The summed E-state index contributed by atoms with van der Waals surface area (Å²) in [6, 6.07) is 7.86. The lowest BCUT2D eigenvalue weighted by molar-refractivity contribution is -0.121. The number of imidazole rings is 1. The molecule has 1 amide bonds. The molecule has 1 aromatic heterocycles. The second-order valence-electron chi connectivity index (χ2n) is 6.02. The van der Waals surface area contributed by atoms with Crippen molar-refractivity contribution in [1.29, 1.82) is 0 Å². The normalized spacial score (nSPS) is 20.5. The van der Waals surface area contributed by atoms with Gasteiger partial charge in [-0.15, -0.1) is 0 Å². The summed E-state index contributed by atoms with van der Waals surface area (Å²) in [5.74, 6) is 1.22. The average Bonchev–Trinajstić information content (AvgIpc) is 2.83. The second kappa shape index (κ2) is 6.30. The van der Waals surface area contributed by atoms with Crippen molar-refractivity contribution in [3.05, 3.63) is 30.1 Å². The number of aryl methyl sites for hydroxylation is 1. The number of para-hydroxylation sites is 2. The lowest BCUT2D eigenvalue weighted by Gasteiger charge is -2.19. The van der Waals surface area contributed by atoms with Gasteiger partial charge >= 0.3 is 0 Å². The van der Waals surface area contributed by atoms with E-state index in [-0.39, 0.29) is 12.5 Å². The van der Waals surface area contributed by atoms with Crippen LogP contribution in [0.1, 0.15) is 38.4 Å². The number of amides is 1. The maximum Gasteiger partial charge on any atom is 0.260 e. The molecule has 1 aliphatic rings. The van der Waals surface area contributed by atoms with Crippen LogP contribution in [0.4, 0.5) is 0 Å². The summed E-state index contributed by atoms with van der Waals surface area (Å²) in [5, 5.41) is 4.34. The van der Waals surface area contributed by atoms with Crippen LogP contribution >= 0.6 is 0 Å². The van der Waals surface area contributed by atoms with Gasteiger partial charge in [-0.3, -0.25) is 4.79 Å². The molecule has 5 heteroatoms. The van der Waals surface area contributed by atoms with E-state index in [4.69, 9.17) is 0 Å². The topological polar surface area (TPSA) is 59.3 Å². The number of hydrogen-bond donors (Lipinski definition) is 1. The van der Waals surface area contributed by atoms with Gasteiger partial charge in [0.1, 0.15) is 12.4 Å². The zero-order valence-corrected chi connectivity index (χ0v) is 13.2. The molecule has 0 unspecified atom stereocenters. The third-order valence-corrected chi connectivity index (χ3v) is 4.36. The number of benzene rings is 1. The van der Waals surface area contributed by atoms with Gasteiger partial charge in [-0.2, -0.15) is 5.10 Å². The number of carbonyl (C=O) groups is 1. The molecule has 5 nitrogen and oxygen atoms in total. The monoisotopic (exact) mass is 298 g/mol.